The van der Waals surface area contributed by atoms with E-state index in [2.05, 4.69) is 0 Å². The van der Waals surface area contributed by atoms with Crippen molar-refractivity contribution >= 4 is 5.71 Å². The molecule has 2 heteroatoms. The summed E-state index contributed by atoms with van der Waals surface area (Å²) < 4.78 is 5.52. The van der Waals surface area contributed by atoms with Gasteiger partial charge in [0.2, 0.25) is 0 Å². The lowest BCUT2D eigenvalue weighted by Crippen LogP contribution is -2.19. The van der Waals surface area contributed by atoms with E-state index in [0.717, 1.165) is 0 Å². The molecule has 0 amide bonds. The maximum absolute atomic E-state index is 7.19. The van der Waals surface area contributed by atoms with Crippen LogP contribution in [0.1, 0.15) is 39.0 Å². The van der Waals surface area contributed by atoms with Crippen LogP contribution in [0.25, 0.3) is 0 Å². The minimum atomic E-state index is 0.448. The van der Waals surface area contributed by atoms with Crippen molar-refractivity contribution in [2.45, 2.75) is 45.1 Å². The van der Waals surface area contributed by atoms with Gasteiger partial charge in [0, 0.05) is 5.71 Å². The largest absolute Gasteiger partial charge is 0.372 e. The van der Waals surface area contributed by atoms with Crippen LogP contribution in [0.3, 0.4) is 0 Å². The maximum atomic E-state index is 7.19. The normalized spacial score (nSPS) is 20.1. The lowest BCUT2D eigenvalue weighted by Gasteiger charge is -2.21. The van der Waals surface area contributed by atoms with Crippen LogP contribution in [0.5, 0.6) is 0 Å². The molecule has 1 aliphatic carbocycles. The maximum Gasteiger partial charge on any atom is 0.0842 e. The Bertz CT molecular complexity index is 128. The summed E-state index contributed by atoms with van der Waals surface area (Å²) in [7, 11) is 0. The summed E-state index contributed by atoms with van der Waals surface area (Å²) in [5.41, 5.74) is 0.635. The molecule has 0 bridgehead atoms. The standard InChI is InChI=1S/C9H17NO/c1-8(10)7-11-9-5-3-2-4-6-9/h9-10H,2-7H2,1H3. The first-order chi connectivity index (χ1) is 5.29. The third-order valence-electron chi connectivity index (χ3n) is 2.09. The predicted octanol–water partition coefficient (Wildman–Crippen LogP) is 2.38. The Kier molecular flexibility index (Phi) is 3.57. The number of nitrogens with one attached hydrogen (secondary N) is 1. The number of hydrogen-bond acceptors (Lipinski definition) is 2. The van der Waals surface area contributed by atoms with E-state index in [1.165, 1.54) is 32.1 Å². The Morgan fingerprint density at radius 3 is 2.55 bits per heavy atom. The zero-order valence-electron chi connectivity index (χ0n) is 7.23. The third kappa shape index (κ3) is 3.51. The second kappa shape index (κ2) is 4.50. The minimum absolute atomic E-state index is 0.448. The molecule has 0 spiro atoms. The third-order valence-corrected chi connectivity index (χ3v) is 2.09. The smallest absolute Gasteiger partial charge is 0.0842 e. The second-order valence-corrected chi connectivity index (χ2v) is 3.35. The van der Waals surface area contributed by atoms with Crippen LogP contribution in [0.15, 0.2) is 0 Å². The van der Waals surface area contributed by atoms with Gasteiger partial charge in [0.25, 0.3) is 0 Å². The molecular formula is C9H17NO. The summed E-state index contributed by atoms with van der Waals surface area (Å²) in [6, 6.07) is 0. The lowest BCUT2D eigenvalue weighted by atomic mass is 9.98. The fraction of sp³-hybridized carbons (Fsp3) is 0.889. The summed E-state index contributed by atoms with van der Waals surface area (Å²) in [5, 5.41) is 7.19. The van der Waals surface area contributed by atoms with Gasteiger partial charge in [0.15, 0.2) is 0 Å². The average Bonchev–Trinajstić information content (AvgIpc) is 2.03. The van der Waals surface area contributed by atoms with Gasteiger partial charge < -0.3 is 10.1 Å². The van der Waals surface area contributed by atoms with Crippen LogP contribution in [0, 0.1) is 5.41 Å². The van der Waals surface area contributed by atoms with Crippen LogP contribution in [-0.4, -0.2) is 18.4 Å². The number of hydrogen-bond donors (Lipinski definition) is 1. The van der Waals surface area contributed by atoms with Crippen LogP contribution in [0.2, 0.25) is 0 Å². The highest BCUT2D eigenvalue weighted by Crippen LogP contribution is 2.19. The quantitative estimate of drug-likeness (QED) is 0.623. The average molecular weight is 155 g/mol. The number of ether oxygens (including phenoxy) is 1. The summed E-state index contributed by atoms with van der Waals surface area (Å²) in [5.74, 6) is 0. The van der Waals surface area contributed by atoms with Gasteiger partial charge in [-0.1, -0.05) is 19.3 Å². The van der Waals surface area contributed by atoms with Crippen LogP contribution >= 0.6 is 0 Å². The molecule has 1 rings (SSSR count). The van der Waals surface area contributed by atoms with Crippen molar-refractivity contribution in [2.75, 3.05) is 6.61 Å². The van der Waals surface area contributed by atoms with E-state index in [-0.39, 0.29) is 0 Å². The van der Waals surface area contributed by atoms with E-state index in [4.69, 9.17) is 10.1 Å². The zero-order valence-corrected chi connectivity index (χ0v) is 7.23. The Morgan fingerprint density at radius 1 is 1.36 bits per heavy atom. The highest BCUT2D eigenvalue weighted by Gasteiger charge is 2.13. The molecule has 1 saturated carbocycles. The predicted molar refractivity (Wildman–Crippen MR) is 46.2 cm³/mol. The summed E-state index contributed by atoms with van der Waals surface area (Å²) in [6.45, 7) is 2.33. The van der Waals surface area contributed by atoms with Crippen LogP contribution in [-0.2, 0) is 4.74 Å². The lowest BCUT2D eigenvalue weighted by molar-refractivity contribution is 0.0525. The molecule has 0 aromatic rings. The van der Waals surface area contributed by atoms with Gasteiger partial charge in [-0.05, 0) is 19.8 Å². The van der Waals surface area contributed by atoms with E-state index in [1.807, 2.05) is 0 Å². The number of rotatable bonds is 3. The molecule has 1 N–H and O–H groups in total. The molecule has 0 unspecified atom stereocenters. The molecule has 0 aromatic carbocycles. The summed E-state index contributed by atoms with van der Waals surface area (Å²) >= 11 is 0. The summed E-state index contributed by atoms with van der Waals surface area (Å²) in [4.78, 5) is 0. The molecule has 0 heterocycles. The fourth-order valence-electron chi connectivity index (χ4n) is 1.47. The van der Waals surface area contributed by atoms with Gasteiger partial charge in [-0.25, -0.2) is 0 Å². The van der Waals surface area contributed by atoms with Crippen molar-refractivity contribution in [1.82, 2.24) is 0 Å². The Labute approximate surface area is 68.5 Å². The molecule has 0 atom stereocenters. The first-order valence-corrected chi connectivity index (χ1v) is 4.44. The van der Waals surface area contributed by atoms with Crippen LogP contribution < -0.4 is 0 Å². The fourth-order valence-corrected chi connectivity index (χ4v) is 1.47. The van der Waals surface area contributed by atoms with E-state index < -0.39 is 0 Å². The molecule has 11 heavy (non-hydrogen) atoms. The van der Waals surface area contributed by atoms with Crippen LogP contribution in [0.4, 0.5) is 0 Å². The van der Waals surface area contributed by atoms with E-state index >= 15 is 0 Å². The Hall–Kier alpha value is -0.370. The SMILES string of the molecule is CC(=N)COC1CCCCC1. The summed E-state index contributed by atoms with van der Waals surface area (Å²) in [6.07, 6.45) is 6.83. The Balaban J connectivity index is 2.09. The first kappa shape index (κ1) is 8.72. The molecule has 1 aliphatic rings. The van der Waals surface area contributed by atoms with E-state index in [9.17, 15) is 0 Å². The van der Waals surface area contributed by atoms with Crippen molar-refractivity contribution in [1.29, 1.82) is 5.41 Å². The molecule has 0 radical (unpaired) electrons. The van der Waals surface area contributed by atoms with Gasteiger partial charge in [0.1, 0.15) is 0 Å². The van der Waals surface area contributed by atoms with E-state index in [0.29, 0.717) is 18.4 Å². The Morgan fingerprint density at radius 2 is 2.00 bits per heavy atom. The zero-order chi connectivity index (χ0) is 8.10. The molecule has 0 saturated heterocycles. The van der Waals surface area contributed by atoms with Crippen molar-refractivity contribution in [2.24, 2.45) is 0 Å². The van der Waals surface area contributed by atoms with Gasteiger partial charge in [-0.15, -0.1) is 0 Å². The molecular weight excluding hydrogens is 138 g/mol. The van der Waals surface area contributed by atoms with Gasteiger partial charge in [-0.3, -0.25) is 0 Å². The van der Waals surface area contributed by atoms with Gasteiger partial charge in [-0.2, -0.15) is 0 Å². The van der Waals surface area contributed by atoms with Crippen molar-refractivity contribution in [3.63, 3.8) is 0 Å². The van der Waals surface area contributed by atoms with Gasteiger partial charge in [0.05, 0.1) is 12.7 Å². The monoisotopic (exact) mass is 155 g/mol. The topological polar surface area (TPSA) is 33.1 Å². The van der Waals surface area contributed by atoms with E-state index in [1.54, 1.807) is 6.92 Å². The molecule has 0 aromatic heterocycles. The second-order valence-electron chi connectivity index (χ2n) is 3.35. The van der Waals surface area contributed by atoms with Gasteiger partial charge >= 0.3 is 0 Å². The molecule has 2 nitrogen and oxygen atoms in total. The molecule has 0 aliphatic heterocycles. The first-order valence-electron chi connectivity index (χ1n) is 4.44. The molecule has 1 fully saturated rings. The van der Waals surface area contributed by atoms with Crippen molar-refractivity contribution in [3.05, 3.63) is 0 Å². The molecule has 64 valence electrons. The highest BCUT2D eigenvalue weighted by molar-refractivity contribution is 5.79. The highest BCUT2D eigenvalue weighted by atomic mass is 16.5. The minimum Gasteiger partial charge on any atom is -0.372 e. The van der Waals surface area contributed by atoms with Crippen molar-refractivity contribution in [3.8, 4) is 0 Å². The van der Waals surface area contributed by atoms with Crippen molar-refractivity contribution < 1.29 is 4.74 Å².